The molecule has 6 heteroatoms. The molecule has 0 aliphatic carbocycles. The molecule has 0 saturated heterocycles. The van der Waals surface area contributed by atoms with Crippen LogP contribution in [0, 0.1) is 0 Å². The SMILES string of the molecule is CCCOc1cc(-c2cn[nH]c2)ccc1NC(=O)[C@H]1Cc2ccccc2CN1. The zero-order valence-corrected chi connectivity index (χ0v) is 15.9. The molecule has 2 aromatic carbocycles. The fraction of sp³-hybridized carbons (Fsp3) is 0.273. The Balaban J connectivity index is 1.52. The molecule has 0 bridgehead atoms. The Morgan fingerprint density at radius 1 is 1.21 bits per heavy atom. The number of rotatable bonds is 6. The number of amides is 1. The summed E-state index contributed by atoms with van der Waals surface area (Å²) in [7, 11) is 0. The second-order valence-electron chi connectivity index (χ2n) is 6.94. The van der Waals surface area contributed by atoms with Crippen LogP contribution in [-0.4, -0.2) is 28.8 Å². The monoisotopic (exact) mass is 376 g/mol. The first-order valence-electron chi connectivity index (χ1n) is 9.61. The Labute approximate surface area is 164 Å². The van der Waals surface area contributed by atoms with Gasteiger partial charge >= 0.3 is 0 Å². The fourth-order valence-electron chi connectivity index (χ4n) is 3.40. The maximum atomic E-state index is 12.9. The molecule has 1 amide bonds. The zero-order valence-electron chi connectivity index (χ0n) is 15.9. The zero-order chi connectivity index (χ0) is 19.3. The Morgan fingerprint density at radius 3 is 2.86 bits per heavy atom. The van der Waals surface area contributed by atoms with E-state index < -0.39 is 0 Å². The molecule has 3 N–H and O–H groups in total. The van der Waals surface area contributed by atoms with E-state index in [1.165, 1.54) is 11.1 Å². The second kappa shape index (κ2) is 8.27. The molecule has 144 valence electrons. The Hall–Kier alpha value is -3.12. The van der Waals surface area contributed by atoms with E-state index in [-0.39, 0.29) is 11.9 Å². The molecule has 0 saturated carbocycles. The highest BCUT2D eigenvalue weighted by Crippen LogP contribution is 2.31. The van der Waals surface area contributed by atoms with Gasteiger partial charge < -0.3 is 15.4 Å². The van der Waals surface area contributed by atoms with Crippen molar-refractivity contribution in [2.45, 2.75) is 32.4 Å². The smallest absolute Gasteiger partial charge is 0.241 e. The van der Waals surface area contributed by atoms with Crippen LogP contribution in [0.1, 0.15) is 24.5 Å². The van der Waals surface area contributed by atoms with E-state index in [2.05, 4.69) is 39.9 Å². The molecule has 1 aromatic heterocycles. The number of aromatic amines is 1. The maximum Gasteiger partial charge on any atom is 0.241 e. The fourth-order valence-corrected chi connectivity index (χ4v) is 3.40. The lowest BCUT2D eigenvalue weighted by atomic mass is 9.95. The van der Waals surface area contributed by atoms with Crippen LogP contribution in [-0.2, 0) is 17.8 Å². The first-order valence-corrected chi connectivity index (χ1v) is 9.61. The molecule has 0 unspecified atom stereocenters. The lowest BCUT2D eigenvalue weighted by Gasteiger charge is -2.25. The van der Waals surface area contributed by atoms with Crippen molar-refractivity contribution >= 4 is 11.6 Å². The van der Waals surface area contributed by atoms with E-state index in [1.807, 2.05) is 36.5 Å². The molecule has 4 rings (SSSR count). The lowest BCUT2D eigenvalue weighted by Crippen LogP contribution is -2.44. The van der Waals surface area contributed by atoms with E-state index >= 15 is 0 Å². The van der Waals surface area contributed by atoms with Crippen molar-refractivity contribution in [1.82, 2.24) is 15.5 Å². The number of hydrogen-bond acceptors (Lipinski definition) is 4. The van der Waals surface area contributed by atoms with Gasteiger partial charge in [-0.3, -0.25) is 9.89 Å². The summed E-state index contributed by atoms with van der Waals surface area (Å²) in [6.45, 7) is 3.35. The number of benzene rings is 2. The Kier molecular flexibility index (Phi) is 5.39. The molecule has 0 fully saturated rings. The first-order chi connectivity index (χ1) is 13.7. The minimum Gasteiger partial charge on any atom is -0.491 e. The van der Waals surface area contributed by atoms with Crippen molar-refractivity contribution in [3.63, 3.8) is 0 Å². The Morgan fingerprint density at radius 2 is 2.07 bits per heavy atom. The van der Waals surface area contributed by atoms with E-state index in [9.17, 15) is 4.79 Å². The highest BCUT2D eigenvalue weighted by atomic mass is 16.5. The molecule has 28 heavy (non-hydrogen) atoms. The van der Waals surface area contributed by atoms with Crippen molar-refractivity contribution in [2.75, 3.05) is 11.9 Å². The highest BCUT2D eigenvalue weighted by molar-refractivity contribution is 5.96. The summed E-state index contributed by atoms with van der Waals surface area (Å²) in [6, 6.07) is 13.8. The predicted octanol–water partition coefficient (Wildman–Crippen LogP) is 3.52. The summed E-state index contributed by atoms with van der Waals surface area (Å²) < 4.78 is 5.90. The number of carbonyl (C=O) groups is 1. The van der Waals surface area contributed by atoms with Crippen molar-refractivity contribution in [1.29, 1.82) is 0 Å². The summed E-state index contributed by atoms with van der Waals surface area (Å²) in [5, 5.41) is 13.2. The van der Waals surface area contributed by atoms with Crippen molar-refractivity contribution in [3.8, 4) is 16.9 Å². The van der Waals surface area contributed by atoms with Crippen molar-refractivity contribution in [2.24, 2.45) is 0 Å². The molecule has 1 aliphatic heterocycles. The molecule has 3 aromatic rings. The topological polar surface area (TPSA) is 79.0 Å². The van der Waals surface area contributed by atoms with Gasteiger partial charge in [0, 0.05) is 18.3 Å². The molecular weight excluding hydrogens is 352 g/mol. The van der Waals surface area contributed by atoms with E-state index in [4.69, 9.17) is 4.74 Å². The van der Waals surface area contributed by atoms with Gasteiger partial charge in [0.25, 0.3) is 0 Å². The molecule has 1 aliphatic rings. The van der Waals surface area contributed by atoms with E-state index in [0.717, 1.165) is 17.5 Å². The number of hydrogen-bond donors (Lipinski definition) is 3. The van der Waals surface area contributed by atoms with Gasteiger partial charge in [-0.2, -0.15) is 5.10 Å². The lowest BCUT2D eigenvalue weighted by molar-refractivity contribution is -0.118. The minimum absolute atomic E-state index is 0.0492. The normalized spacial score (nSPS) is 15.7. The molecule has 1 atom stereocenters. The number of anilines is 1. The highest BCUT2D eigenvalue weighted by Gasteiger charge is 2.24. The van der Waals surface area contributed by atoms with Gasteiger partial charge in [-0.05, 0) is 41.7 Å². The number of nitrogens with zero attached hydrogens (tertiary/aromatic N) is 1. The summed E-state index contributed by atoms with van der Waals surface area (Å²) >= 11 is 0. The summed E-state index contributed by atoms with van der Waals surface area (Å²) in [6.07, 6.45) is 5.17. The molecule has 0 spiro atoms. The quantitative estimate of drug-likeness (QED) is 0.615. The molecule has 2 heterocycles. The molecular formula is C22H24N4O2. The first kappa shape index (κ1) is 18.3. The third-order valence-electron chi connectivity index (χ3n) is 4.93. The average Bonchev–Trinajstić information content (AvgIpc) is 3.27. The largest absolute Gasteiger partial charge is 0.491 e. The third kappa shape index (κ3) is 3.92. The van der Waals surface area contributed by atoms with Gasteiger partial charge in [-0.15, -0.1) is 0 Å². The van der Waals surface area contributed by atoms with Gasteiger partial charge in [0.05, 0.1) is 24.5 Å². The van der Waals surface area contributed by atoms with Gasteiger partial charge in [0.2, 0.25) is 5.91 Å². The number of fused-ring (bicyclic) bond motifs is 1. The second-order valence-corrected chi connectivity index (χ2v) is 6.94. The summed E-state index contributed by atoms with van der Waals surface area (Å²) in [4.78, 5) is 12.9. The van der Waals surface area contributed by atoms with Crippen molar-refractivity contribution in [3.05, 3.63) is 66.0 Å². The molecule has 6 nitrogen and oxygen atoms in total. The van der Waals surface area contributed by atoms with Crippen molar-refractivity contribution < 1.29 is 9.53 Å². The van der Waals surface area contributed by atoms with Crippen LogP contribution < -0.4 is 15.4 Å². The van der Waals surface area contributed by atoms with Crippen LogP contribution in [0.25, 0.3) is 11.1 Å². The third-order valence-corrected chi connectivity index (χ3v) is 4.93. The van der Waals surface area contributed by atoms with Crippen LogP contribution in [0.5, 0.6) is 5.75 Å². The number of aromatic nitrogens is 2. The predicted molar refractivity (Wildman–Crippen MR) is 109 cm³/mol. The number of H-pyrrole nitrogens is 1. The maximum absolute atomic E-state index is 12.9. The van der Waals surface area contributed by atoms with Gasteiger partial charge in [-0.25, -0.2) is 0 Å². The summed E-state index contributed by atoms with van der Waals surface area (Å²) in [5.74, 6) is 0.622. The van der Waals surface area contributed by atoms with E-state index in [1.54, 1.807) is 6.20 Å². The number of ether oxygens (including phenoxy) is 1. The van der Waals surface area contributed by atoms with E-state index in [0.29, 0.717) is 31.0 Å². The number of nitrogens with one attached hydrogen (secondary N) is 3. The summed E-state index contributed by atoms with van der Waals surface area (Å²) in [5.41, 5.74) is 5.13. The molecule has 0 radical (unpaired) electrons. The van der Waals surface area contributed by atoms with Crippen LogP contribution >= 0.6 is 0 Å². The standard InChI is InChI=1S/C22H24N4O2/c1-2-9-28-21-11-16(18-13-24-25-14-18)7-8-19(21)26-22(27)20-10-15-5-3-4-6-17(15)12-23-20/h3-8,11,13-14,20,23H,2,9-10,12H2,1H3,(H,24,25)(H,26,27)/t20-/m1/s1. The minimum atomic E-state index is -0.262. The van der Waals surface area contributed by atoms with Crippen LogP contribution in [0.2, 0.25) is 0 Å². The van der Waals surface area contributed by atoms with Crippen LogP contribution in [0.4, 0.5) is 5.69 Å². The van der Waals surface area contributed by atoms with Crippen LogP contribution in [0.15, 0.2) is 54.9 Å². The van der Waals surface area contributed by atoms with Gasteiger partial charge in [0.1, 0.15) is 5.75 Å². The Bertz CT molecular complexity index is 953. The number of carbonyl (C=O) groups excluding carboxylic acids is 1. The van der Waals surface area contributed by atoms with Crippen LogP contribution in [0.3, 0.4) is 0 Å². The van der Waals surface area contributed by atoms with Gasteiger partial charge in [-0.1, -0.05) is 37.3 Å². The van der Waals surface area contributed by atoms with Gasteiger partial charge in [0.15, 0.2) is 0 Å². The average molecular weight is 376 g/mol.